The molecular weight excluding hydrogens is 217 g/mol. The number of halogens is 3. The highest BCUT2D eigenvalue weighted by Crippen LogP contribution is 2.38. The van der Waals surface area contributed by atoms with Crippen LogP contribution in [0.3, 0.4) is 0 Å². The van der Waals surface area contributed by atoms with Gasteiger partial charge in [-0.2, -0.15) is 13.2 Å². The molecule has 0 fully saturated rings. The van der Waals surface area contributed by atoms with Crippen LogP contribution in [0.2, 0.25) is 0 Å². The third-order valence-electron chi connectivity index (χ3n) is 2.40. The van der Waals surface area contributed by atoms with Crippen LogP contribution in [0, 0.1) is 6.42 Å². The van der Waals surface area contributed by atoms with E-state index in [0.29, 0.717) is 12.0 Å². The van der Waals surface area contributed by atoms with Crippen molar-refractivity contribution in [3.05, 3.63) is 35.7 Å². The summed E-state index contributed by atoms with van der Waals surface area (Å²) >= 11 is 0. The van der Waals surface area contributed by atoms with Crippen LogP contribution in [0.25, 0.3) is 0 Å². The Balaban J connectivity index is 2.39. The molecule has 1 aromatic carbocycles. The molecule has 86 valence electrons. The zero-order valence-corrected chi connectivity index (χ0v) is 8.98. The highest BCUT2D eigenvalue weighted by atomic mass is 19.4. The molecule has 4 heteroatoms. The highest BCUT2D eigenvalue weighted by Gasteiger charge is 2.33. The Labute approximate surface area is 92.2 Å². The molecule has 0 atom stereocenters. The number of alkyl halides is 3. The van der Waals surface area contributed by atoms with Crippen molar-refractivity contribution in [1.82, 2.24) is 0 Å². The zero-order valence-electron chi connectivity index (χ0n) is 8.98. The van der Waals surface area contributed by atoms with Gasteiger partial charge in [-0.1, -0.05) is 6.07 Å². The van der Waals surface area contributed by atoms with Gasteiger partial charge in [0, 0.05) is 12.0 Å². The van der Waals surface area contributed by atoms with Crippen molar-refractivity contribution in [2.75, 3.05) is 0 Å². The van der Waals surface area contributed by atoms with Gasteiger partial charge in [-0.25, -0.2) is 0 Å². The SMILES string of the molecule is CC1(C)C[C]c2ccc(C(F)(F)F)cc2O1. The van der Waals surface area contributed by atoms with Gasteiger partial charge in [0.15, 0.2) is 0 Å². The minimum atomic E-state index is -4.33. The van der Waals surface area contributed by atoms with Crippen LogP contribution in [0.1, 0.15) is 31.4 Å². The second kappa shape index (κ2) is 3.40. The second-order valence-electron chi connectivity index (χ2n) is 4.42. The Morgan fingerprint density at radius 1 is 1.31 bits per heavy atom. The van der Waals surface area contributed by atoms with Gasteiger partial charge in [0.25, 0.3) is 0 Å². The molecule has 0 bridgehead atoms. The summed E-state index contributed by atoms with van der Waals surface area (Å²) in [4.78, 5) is 0. The van der Waals surface area contributed by atoms with Gasteiger partial charge in [-0.15, -0.1) is 0 Å². The van der Waals surface area contributed by atoms with Gasteiger partial charge in [0.2, 0.25) is 0 Å². The minimum Gasteiger partial charge on any atom is -0.488 e. The molecule has 1 aliphatic rings. The molecule has 1 heterocycles. The Kier molecular flexibility index (Phi) is 2.40. The molecule has 0 unspecified atom stereocenters. The summed E-state index contributed by atoms with van der Waals surface area (Å²) < 4.78 is 42.9. The third-order valence-corrected chi connectivity index (χ3v) is 2.40. The molecule has 0 saturated carbocycles. The summed E-state index contributed by atoms with van der Waals surface area (Å²) in [5.74, 6) is 0.256. The molecule has 0 spiro atoms. The lowest BCUT2D eigenvalue weighted by Crippen LogP contribution is -2.32. The lowest BCUT2D eigenvalue weighted by Gasteiger charge is -2.32. The number of rotatable bonds is 0. The smallest absolute Gasteiger partial charge is 0.416 e. The standard InChI is InChI=1S/C12H11F3O/c1-11(2)6-5-8-3-4-9(12(13,14)15)7-10(8)16-11/h3-4,7H,6H2,1-2H3. The van der Waals surface area contributed by atoms with Crippen molar-refractivity contribution < 1.29 is 17.9 Å². The van der Waals surface area contributed by atoms with E-state index in [4.69, 9.17) is 4.74 Å². The number of hydrogen-bond donors (Lipinski definition) is 0. The lowest BCUT2D eigenvalue weighted by atomic mass is 9.93. The van der Waals surface area contributed by atoms with Crippen LogP contribution in [-0.4, -0.2) is 5.60 Å². The molecule has 0 saturated heterocycles. The summed E-state index contributed by atoms with van der Waals surface area (Å²) in [6, 6.07) is 3.48. The van der Waals surface area contributed by atoms with Gasteiger partial charge >= 0.3 is 6.18 Å². The van der Waals surface area contributed by atoms with Crippen molar-refractivity contribution in [3.63, 3.8) is 0 Å². The van der Waals surface area contributed by atoms with Crippen molar-refractivity contribution >= 4 is 0 Å². The van der Waals surface area contributed by atoms with E-state index in [9.17, 15) is 13.2 Å². The first-order valence-electron chi connectivity index (χ1n) is 4.92. The van der Waals surface area contributed by atoms with Crippen molar-refractivity contribution in [1.29, 1.82) is 0 Å². The van der Waals surface area contributed by atoms with Gasteiger partial charge in [0.05, 0.1) is 5.56 Å². The summed E-state index contributed by atoms with van der Waals surface area (Å²) in [5, 5.41) is 0. The Bertz CT molecular complexity index is 407. The maximum atomic E-state index is 12.5. The predicted octanol–water partition coefficient (Wildman–Crippen LogP) is 3.70. The molecule has 0 aromatic heterocycles. The van der Waals surface area contributed by atoms with E-state index >= 15 is 0 Å². The average Bonchev–Trinajstić information content (AvgIpc) is 2.13. The number of benzene rings is 1. The molecule has 1 aromatic rings. The molecule has 0 aliphatic carbocycles. The molecule has 0 N–H and O–H groups in total. The number of hydrogen-bond acceptors (Lipinski definition) is 1. The van der Waals surface area contributed by atoms with E-state index in [1.54, 1.807) is 0 Å². The largest absolute Gasteiger partial charge is 0.488 e. The Morgan fingerprint density at radius 2 is 2.00 bits per heavy atom. The van der Waals surface area contributed by atoms with Crippen LogP contribution >= 0.6 is 0 Å². The van der Waals surface area contributed by atoms with Crippen LogP contribution in [0.4, 0.5) is 13.2 Å². The predicted molar refractivity (Wildman–Crippen MR) is 53.1 cm³/mol. The van der Waals surface area contributed by atoms with Gasteiger partial charge in [-0.05, 0) is 32.4 Å². The van der Waals surface area contributed by atoms with Crippen LogP contribution in [-0.2, 0) is 6.18 Å². The van der Waals surface area contributed by atoms with Crippen molar-refractivity contribution in [2.24, 2.45) is 0 Å². The Hall–Kier alpha value is -1.19. The Morgan fingerprint density at radius 3 is 2.62 bits per heavy atom. The fourth-order valence-corrected chi connectivity index (χ4v) is 1.57. The van der Waals surface area contributed by atoms with E-state index in [-0.39, 0.29) is 5.75 Å². The van der Waals surface area contributed by atoms with E-state index in [1.807, 2.05) is 13.8 Å². The maximum Gasteiger partial charge on any atom is 0.416 e. The summed E-state index contributed by atoms with van der Waals surface area (Å²) in [7, 11) is 0. The molecule has 2 rings (SSSR count). The van der Waals surface area contributed by atoms with E-state index in [1.165, 1.54) is 6.07 Å². The molecule has 1 aliphatic heterocycles. The van der Waals surface area contributed by atoms with E-state index in [0.717, 1.165) is 12.1 Å². The minimum absolute atomic E-state index is 0.256. The maximum absolute atomic E-state index is 12.5. The van der Waals surface area contributed by atoms with Crippen molar-refractivity contribution in [3.8, 4) is 5.75 Å². The zero-order chi connectivity index (χ0) is 12.0. The quantitative estimate of drug-likeness (QED) is 0.658. The lowest BCUT2D eigenvalue weighted by molar-refractivity contribution is -0.137. The first kappa shape index (κ1) is 11.3. The summed E-state index contributed by atoms with van der Waals surface area (Å²) in [6.45, 7) is 3.65. The van der Waals surface area contributed by atoms with Gasteiger partial charge < -0.3 is 4.74 Å². The van der Waals surface area contributed by atoms with Crippen LogP contribution < -0.4 is 4.74 Å². The summed E-state index contributed by atoms with van der Waals surface area (Å²) in [6.07, 6.45) is -0.719. The normalized spacial score (nSPS) is 18.8. The molecule has 2 radical (unpaired) electrons. The topological polar surface area (TPSA) is 9.23 Å². The van der Waals surface area contributed by atoms with E-state index < -0.39 is 17.3 Å². The summed E-state index contributed by atoms with van der Waals surface area (Å²) in [5.41, 5.74) is -0.574. The monoisotopic (exact) mass is 228 g/mol. The average molecular weight is 228 g/mol. The number of ether oxygens (including phenoxy) is 1. The fraction of sp³-hybridized carbons (Fsp3) is 0.417. The first-order chi connectivity index (χ1) is 7.28. The molecule has 16 heavy (non-hydrogen) atoms. The van der Waals surface area contributed by atoms with Crippen LogP contribution in [0.15, 0.2) is 18.2 Å². The van der Waals surface area contributed by atoms with Crippen molar-refractivity contribution in [2.45, 2.75) is 32.0 Å². The number of fused-ring (bicyclic) bond motifs is 1. The highest BCUT2D eigenvalue weighted by molar-refractivity contribution is 5.45. The fourth-order valence-electron chi connectivity index (χ4n) is 1.57. The molecular formula is C12H11F3O. The molecule has 0 amide bonds. The second-order valence-corrected chi connectivity index (χ2v) is 4.42. The van der Waals surface area contributed by atoms with Crippen LogP contribution in [0.5, 0.6) is 5.75 Å². The first-order valence-corrected chi connectivity index (χ1v) is 4.92. The molecule has 1 nitrogen and oxygen atoms in total. The third kappa shape index (κ3) is 2.15. The van der Waals surface area contributed by atoms with Gasteiger partial charge in [0.1, 0.15) is 11.4 Å². The van der Waals surface area contributed by atoms with E-state index in [2.05, 4.69) is 6.42 Å². The van der Waals surface area contributed by atoms with Gasteiger partial charge in [-0.3, -0.25) is 0 Å².